The van der Waals surface area contributed by atoms with E-state index < -0.39 is 0 Å². The van der Waals surface area contributed by atoms with E-state index in [1.165, 1.54) is 12.8 Å². The standard InChI is InChI=1S/C25H30N4O2/c1-29(2)16-22-24(30-17-20-6-4-3-5-19(20)15-26)10-8-21-23(28-31-25(21)22)9-7-18-11-13-27-14-12-18/h3-6,8,10,18,27H,7,9,11-14,16-17H2,1-2H3. The minimum Gasteiger partial charge on any atom is -0.488 e. The van der Waals surface area contributed by atoms with Crippen LogP contribution in [0.5, 0.6) is 5.75 Å². The first-order valence-corrected chi connectivity index (χ1v) is 11.0. The summed E-state index contributed by atoms with van der Waals surface area (Å²) in [7, 11) is 4.06. The fourth-order valence-electron chi connectivity index (χ4n) is 4.29. The van der Waals surface area contributed by atoms with Crippen LogP contribution in [-0.2, 0) is 19.6 Å². The molecule has 4 rings (SSSR count). The zero-order valence-electron chi connectivity index (χ0n) is 18.4. The van der Waals surface area contributed by atoms with Gasteiger partial charge in [0.25, 0.3) is 0 Å². The number of rotatable bonds is 8. The zero-order chi connectivity index (χ0) is 21.6. The highest BCUT2D eigenvalue weighted by molar-refractivity contribution is 5.84. The van der Waals surface area contributed by atoms with Crippen LogP contribution < -0.4 is 10.1 Å². The third kappa shape index (κ3) is 5.07. The number of aromatic nitrogens is 1. The molecule has 1 aliphatic rings. The summed E-state index contributed by atoms with van der Waals surface area (Å²) in [6, 6.07) is 13.8. The second-order valence-corrected chi connectivity index (χ2v) is 8.58. The zero-order valence-corrected chi connectivity index (χ0v) is 18.4. The van der Waals surface area contributed by atoms with Crippen molar-refractivity contribution >= 4 is 11.0 Å². The van der Waals surface area contributed by atoms with E-state index in [0.29, 0.717) is 18.7 Å². The molecular weight excluding hydrogens is 388 g/mol. The van der Waals surface area contributed by atoms with Gasteiger partial charge < -0.3 is 19.5 Å². The fourth-order valence-corrected chi connectivity index (χ4v) is 4.29. The molecule has 0 unspecified atom stereocenters. The van der Waals surface area contributed by atoms with Crippen molar-refractivity contribution in [2.45, 2.75) is 38.8 Å². The van der Waals surface area contributed by atoms with Gasteiger partial charge in [0.15, 0.2) is 5.58 Å². The van der Waals surface area contributed by atoms with Gasteiger partial charge in [0.2, 0.25) is 0 Å². The van der Waals surface area contributed by atoms with E-state index >= 15 is 0 Å². The largest absolute Gasteiger partial charge is 0.488 e. The highest BCUT2D eigenvalue weighted by Gasteiger charge is 2.19. The third-order valence-electron chi connectivity index (χ3n) is 6.02. The summed E-state index contributed by atoms with van der Waals surface area (Å²) in [5.74, 6) is 1.53. The number of nitrogens with one attached hydrogen (secondary N) is 1. The summed E-state index contributed by atoms with van der Waals surface area (Å²) < 4.78 is 12.0. The van der Waals surface area contributed by atoms with Gasteiger partial charge in [0, 0.05) is 17.5 Å². The molecule has 6 nitrogen and oxygen atoms in total. The Morgan fingerprint density at radius 3 is 2.77 bits per heavy atom. The fraction of sp³-hybridized carbons (Fsp3) is 0.440. The molecule has 31 heavy (non-hydrogen) atoms. The number of hydrogen-bond acceptors (Lipinski definition) is 6. The number of fused-ring (bicyclic) bond motifs is 1. The lowest BCUT2D eigenvalue weighted by Gasteiger charge is -2.21. The first kappa shape index (κ1) is 21.4. The molecule has 0 saturated carbocycles. The topological polar surface area (TPSA) is 74.3 Å². The molecule has 0 spiro atoms. The Balaban J connectivity index is 1.56. The molecule has 162 valence electrons. The molecule has 2 heterocycles. The molecule has 3 aromatic rings. The van der Waals surface area contributed by atoms with E-state index in [-0.39, 0.29) is 0 Å². The number of nitrogens with zero attached hydrogens (tertiary/aromatic N) is 3. The molecule has 6 heteroatoms. The lowest BCUT2D eigenvalue weighted by molar-refractivity contribution is 0.294. The predicted molar refractivity (Wildman–Crippen MR) is 121 cm³/mol. The molecule has 1 saturated heterocycles. The number of benzene rings is 2. The number of nitriles is 1. The number of ether oxygens (including phenoxy) is 1. The predicted octanol–water partition coefficient (Wildman–Crippen LogP) is 4.27. The Bertz CT molecular complexity index is 1060. The first-order valence-electron chi connectivity index (χ1n) is 11.0. The number of aryl methyl sites for hydroxylation is 1. The van der Waals surface area contributed by atoms with Crippen molar-refractivity contribution in [3.63, 3.8) is 0 Å². The van der Waals surface area contributed by atoms with Crippen LogP contribution in [0.2, 0.25) is 0 Å². The molecule has 0 bridgehead atoms. The molecule has 0 atom stereocenters. The van der Waals surface area contributed by atoms with Gasteiger partial charge in [0.1, 0.15) is 12.4 Å². The summed E-state index contributed by atoms with van der Waals surface area (Å²) in [4.78, 5) is 2.10. The van der Waals surface area contributed by atoms with Gasteiger partial charge in [-0.3, -0.25) is 0 Å². The Hall–Kier alpha value is -2.88. The van der Waals surface area contributed by atoms with Crippen LogP contribution in [-0.4, -0.2) is 37.2 Å². The lowest BCUT2D eigenvalue weighted by atomic mass is 9.92. The van der Waals surface area contributed by atoms with Gasteiger partial charge in [-0.15, -0.1) is 0 Å². The van der Waals surface area contributed by atoms with E-state index in [0.717, 1.165) is 65.4 Å². The van der Waals surface area contributed by atoms with Crippen LogP contribution in [0.1, 0.15) is 41.6 Å². The van der Waals surface area contributed by atoms with E-state index in [1.54, 1.807) is 0 Å². The second kappa shape index (κ2) is 9.95. The Kier molecular flexibility index (Phi) is 6.86. The lowest BCUT2D eigenvalue weighted by Crippen LogP contribution is -2.27. The molecule has 2 aromatic carbocycles. The highest BCUT2D eigenvalue weighted by Crippen LogP contribution is 2.33. The van der Waals surface area contributed by atoms with Gasteiger partial charge in [-0.05, 0) is 77.0 Å². The average Bonchev–Trinajstić information content (AvgIpc) is 3.21. The molecular formula is C25H30N4O2. The maximum Gasteiger partial charge on any atom is 0.175 e. The maximum atomic E-state index is 9.34. The Morgan fingerprint density at radius 1 is 1.19 bits per heavy atom. The molecule has 1 aliphatic heterocycles. The van der Waals surface area contributed by atoms with Gasteiger partial charge in [-0.1, -0.05) is 23.4 Å². The third-order valence-corrected chi connectivity index (χ3v) is 6.02. The summed E-state index contributed by atoms with van der Waals surface area (Å²) in [6.45, 7) is 3.27. The average molecular weight is 419 g/mol. The normalized spacial score (nSPS) is 14.8. The smallest absolute Gasteiger partial charge is 0.175 e. The van der Waals surface area contributed by atoms with Crippen molar-refractivity contribution in [1.82, 2.24) is 15.4 Å². The Labute approximate surface area is 183 Å². The van der Waals surface area contributed by atoms with Crippen molar-refractivity contribution < 1.29 is 9.26 Å². The Morgan fingerprint density at radius 2 is 2.00 bits per heavy atom. The van der Waals surface area contributed by atoms with Gasteiger partial charge in [-0.2, -0.15) is 5.26 Å². The van der Waals surface area contributed by atoms with Crippen molar-refractivity contribution in [1.29, 1.82) is 5.26 Å². The number of hydrogen-bond donors (Lipinski definition) is 1. The maximum absolute atomic E-state index is 9.34. The van der Waals surface area contributed by atoms with Crippen LogP contribution >= 0.6 is 0 Å². The van der Waals surface area contributed by atoms with Crippen molar-refractivity contribution in [3.8, 4) is 11.8 Å². The van der Waals surface area contributed by atoms with Crippen LogP contribution in [0.15, 0.2) is 40.9 Å². The van der Waals surface area contributed by atoms with Gasteiger partial charge in [0.05, 0.1) is 22.9 Å². The highest BCUT2D eigenvalue weighted by atomic mass is 16.5. The van der Waals surface area contributed by atoms with Crippen molar-refractivity contribution in [3.05, 3.63) is 58.8 Å². The van der Waals surface area contributed by atoms with Crippen LogP contribution in [0.4, 0.5) is 0 Å². The minimum absolute atomic E-state index is 0.340. The first-order chi connectivity index (χ1) is 15.2. The monoisotopic (exact) mass is 418 g/mol. The summed E-state index contributed by atoms with van der Waals surface area (Å²) in [6.07, 6.45) is 4.57. The van der Waals surface area contributed by atoms with Crippen LogP contribution in [0.3, 0.4) is 0 Å². The second-order valence-electron chi connectivity index (χ2n) is 8.58. The molecule has 1 fully saturated rings. The van der Waals surface area contributed by atoms with Gasteiger partial charge >= 0.3 is 0 Å². The summed E-state index contributed by atoms with van der Waals surface area (Å²) in [5, 5.41) is 18.3. The molecule has 0 radical (unpaired) electrons. The van der Waals surface area contributed by atoms with Crippen LogP contribution in [0.25, 0.3) is 11.0 Å². The quantitative estimate of drug-likeness (QED) is 0.589. The van der Waals surface area contributed by atoms with Crippen molar-refractivity contribution in [2.75, 3.05) is 27.2 Å². The SMILES string of the molecule is CN(C)Cc1c(OCc2ccccc2C#N)ccc2c(CCC3CCNCC3)noc12. The van der Waals surface area contributed by atoms with Crippen LogP contribution in [0, 0.1) is 17.2 Å². The van der Waals surface area contributed by atoms with Crippen molar-refractivity contribution in [2.24, 2.45) is 5.92 Å². The van der Waals surface area contributed by atoms with Gasteiger partial charge in [-0.25, -0.2) is 0 Å². The number of piperidine rings is 1. The van der Waals surface area contributed by atoms with E-state index in [1.807, 2.05) is 44.4 Å². The molecule has 0 amide bonds. The molecule has 0 aliphatic carbocycles. The minimum atomic E-state index is 0.340. The molecule has 1 aromatic heterocycles. The van der Waals surface area contributed by atoms with E-state index in [9.17, 15) is 5.26 Å². The van der Waals surface area contributed by atoms with E-state index in [4.69, 9.17) is 9.26 Å². The molecule has 1 N–H and O–H groups in total. The summed E-state index contributed by atoms with van der Waals surface area (Å²) >= 11 is 0. The van der Waals surface area contributed by atoms with E-state index in [2.05, 4.69) is 27.5 Å². The summed E-state index contributed by atoms with van der Waals surface area (Å²) in [5.41, 5.74) is 4.35.